The Morgan fingerprint density at radius 1 is 1.26 bits per heavy atom. The van der Waals surface area contributed by atoms with Crippen LogP contribution in [0.3, 0.4) is 0 Å². The lowest BCUT2D eigenvalue weighted by molar-refractivity contribution is -0.119. The summed E-state index contributed by atoms with van der Waals surface area (Å²) in [5.74, 6) is 0.200. The molecular formula is C20H30N4O2S. The van der Waals surface area contributed by atoms with Crippen LogP contribution in [0.1, 0.15) is 34.1 Å². The van der Waals surface area contributed by atoms with E-state index < -0.39 is 0 Å². The second-order valence-electron chi connectivity index (χ2n) is 6.76. The fourth-order valence-corrected chi connectivity index (χ4v) is 3.78. The van der Waals surface area contributed by atoms with Gasteiger partial charge in [0.2, 0.25) is 5.91 Å². The standard InChI is InChI=1S/C20H30N4O2S/c1-5-23(6-2)12-9-13-24-19(26)16-10-7-8-11-17(16)22-20(24)27-14-18(25)21-15(3)4/h7-8,10-11,15H,5-6,9,12-14H2,1-4H3,(H,21,25). The zero-order chi connectivity index (χ0) is 19.8. The molecule has 0 spiro atoms. The van der Waals surface area contributed by atoms with Gasteiger partial charge in [-0.2, -0.15) is 0 Å². The van der Waals surface area contributed by atoms with Gasteiger partial charge in [-0.3, -0.25) is 14.2 Å². The van der Waals surface area contributed by atoms with Crippen molar-refractivity contribution in [1.29, 1.82) is 0 Å². The molecule has 1 N–H and O–H groups in total. The van der Waals surface area contributed by atoms with Crippen molar-refractivity contribution >= 4 is 28.6 Å². The molecule has 6 nitrogen and oxygen atoms in total. The number of aromatic nitrogens is 2. The molecule has 0 aliphatic rings. The lowest BCUT2D eigenvalue weighted by Crippen LogP contribution is -2.32. The molecule has 0 aliphatic carbocycles. The number of nitrogens with zero attached hydrogens (tertiary/aromatic N) is 3. The van der Waals surface area contributed by atoms with Gasteiger partial charge in [-0.05, 0) is 52.0 Å². The van der Waals surface area contributed by atoms with Gasteiger partial charge in [-0.1, -0.05) is 37.7 Å². The summed E-state index contributed by atoms with van der Waals surface area (Å²) in [5.41, 5.74) is 0.640. The molecule has 0 aliphatic heterocycles. The number of benzene rings is 1. The first-order valence-electron chi connectivity index (χ1n) is 9.60. The van der Waals surface area contributed by atoms with E-state index >= 15 is 0 Å². The van der Waals surface area contributed by atoms with Crippen molar-refractivity contribution in [2.45, 2.75) is 51.9 Å². The number of fused-ring (bicyclic) bond motifs is 1. The molecule has 0 saturated heterocycles. The monoisotopic (exact) mass is 390 g/mol. The van der Waals surface area contributed by atoms with Crippen LogP contribution in [0.5, 0.6) is 0 Å². The molecular weight excluding hydrogens is 360 g/mol. The number of hydrogen-bond acceptors (Lipinski definition) is 5. The Bertz CT molecular complexity index is 815. The Morgan fingerprint density at radius 3 is 2.63 bits per heavy atom. The highest BCUT2D eigenvalue weighted by molar-refractivity contribution is 7.99. The molecule has 1 aromatic heterocycles. The molecule has 1 aromatic carbocycles. The average Bonchev–Trinajstić information content (AvgIpc) is 2.65. The minimum atomic E-state index is -0.0490. The predicted molar refractivity (Wildman–Crippen MR) is 112 cm³/mol. The maximum absolute atomic E-state index is 13.0. The van der Waals surface area contributed by atoms with Gasteiger partial charge in [0.1, 0.15) is 0 Å². The Morgan fingerprint density at radius 2 is 1.96 bits per heavy atom. The smallest absolute Gasteiger partial charge is 0.262 e. The molecule has 27 heavy (non-hydrogen) atoms. The van der Waals surface area contributed by atoms with Gasteiger partial charge in [0, 0.05) is 12.6 Å². The van der Waals surface area contributed by atoms with Crippen LogP contribution in [0, 0.1) is 0 Å². The molecule has 0 fully saturated rings. The van der Waals surface area contributed by atoms with Gasteiger partial charge in [-0.25, -0.2) is 4.98 Å². The van der Waals surface area contributed by atoms with Gasteiger partial charge in [-0.15, -0.1) is 0 Å². The van der Waals surface area contributed by atoms with Crippen LogP contribution in [0.15, 0.2) is 34.2 Å². The fraction of sp³-hybridized carbons (Fsp3) is 0.550. The number of nitrogens with one attached hydrogen (secondary N) is 1. The SMILES string of the molecule is CCN(CC)CCCn1c(SCC(=O)NC(C)C)nc2ccccc2c1=O. The Hall–Kier alpha value is -1.86. The zero-order valence-corrected chi connectivity index (χ0v) is 17.5. The van der Waals surface area contributed by atoms with Crippen LogP contribution < -0.4 is 10.9 Å². The van der Waals surface area contributed by atoms with Crippen molar-refractivity contribution < 1.29 is 4.79 Å². The van der Waals surface area contributed by atoms with Gasteiger partial charge in [0.15, 0.2) is 5.16 Å². The molecule has 0 atom stereocenters. The quantitative estimate of drug-likeness (QED) is 0.499. The van der Waals surface area contributed by atoms with Crippen molar-refractivity contribution in [2.24, 2.45) is 0 Å². The molecule has 1 heterocycles. The number of carbonyl (C=O) groups is 1. The summed E-state index contributed by atoms with van der Waals surface area (Å²) < 4.78 is 1.72. The van der Waals surface area contributed by atoms with Crippen LogP contribution in [0.2, 0.25) is 0 Å². The average molecular weight is 391 g/mol. The van der Waals surface area contributed by atoms with E-state index in [1.807, 2.05) is 38.1 Å². The van der Waals surface area contributed by atoms with Crippen molar-refractivity contribution in [3.05, 3.63) is 34.6 Å². The molecule has 0 bridgehead atoms. The van der Waals surface area contributed by atoms with E-state index in [1.54, 1.807) is 4.57 Å². The minimum Gasteiger partial charge on any atom is -0.353 e. The first-order chi connectivity index (χ1) is 13.0. The van der Waals surface area contributed by atoms with Crippen molar-refractivity contribution in [2.75, 3.05) is 25.4 Å². The van der Waals surface area contributed by atoms with Crippen molar-refractivity contribution in [3.63, 3.8) is 0 Å². The topological polar surface area (TPSA) is 67.2 Å². The third kappa shape index (κ3) is 6.07. The van der Waals surface area contributed by atoms with Crippen molar-refractivity contribution in [3.8, 4) is 0 Å². The van der Waals surface area contributed by atoms with Crippen LogP contribution in [0.25, 0.3) is 10.9 Å². The lowest BCUT2D eigenvalue weighted by atomic mass is 10.2. The Labute approximate surface area is 165 Å². The van der Waals surface area contributed by atoms with Gasteiger partial charge < -0.3 is 10.2 Å². The molecule has 0 unspecified atom stereocenters. The fourth-order valence-electron chi connectivity index (χ4n) is 2.94. The molecule has 2 aromatic rings. The summed E-state index contributed by atoms with van der Waals surface area (Å²) >= 11 is 1.32. The van der Waals surface area contributed by atoms with Crippen LogP contribution in [-0.2, 0) is 11.3 Å². The Kier molecular flexibility index (Phi) is 8.31. The predicted octanol–water partition coefficient (Wildman–Crippen LogP) is 2.75. The molecule has 1 amide bonds. The third-order valence-corrected chi connectivity index (χ3v) is 5.34. The minimum absolute atomic E-state index is 0.0353. The zero-order valence-electron chi connectivity index (χ0n) is 16.7. The second-order valence-corrected chi connectivity index (χ2v) is 7.70. The van der Waals surface area contributed by atoms with Crippen LogP contribution >= 0.6 is 11.8 Å². The van der Waals surface area contributed by atoms with Gasteiger partial charge in [0.25, 0.3) is 5.56 Å². The highest BCUT2D eigenvalue weighted by Crippen LogP contribution is 2.18. The summed E-state index contributed by atoms with van der Waals surface area (Å²) in [6.45, 7) is 11.7. The summed E-state index contributed by atoms with van der Waals surface area (Å²) in [6.07, 6.45) is 0.868. The molecule has 2 rings (SSSR count). The maximum atomic E-state index is 13.0. The molecule has 148 valence electrons. The number of para-hydroxylation sites is 1. The highest BCUT2D eigenvalue weighted by atomic mass is 32.2. The molecule has 0 saturated carbocycles. The number of amides is 1. The molecule has 0 radical (unpaired) electrons. The van der Waals surface area contributed by atoms with Gasteiger partial charge >= 0.3 is 0 Å². The maximum Gasteiger partial charge on any atom is 0.262 e. The Balaban J connectivity index is 2.24. The van der Waals surface area contributed by atoms with E-state index in [0.29, 0.717) is 22.6 Å². The molecule has 7 heteroatoms. The second kappa shape index (κ2) is 10.5. The lowest BCUT2D eigenvalue weighted by Gasteiger charge is -2.19. The van der Waals surface area contributed by atoms with E-state index in [1.165, 1.54) is 11.8 Å². The van der Waals surface area contributed by atoms with Gasteiger partial charge in [0.05, 0.1) is 16.7 Å². The first-order valence-corrected chi connectivity index (χ1v) is 10.6. The first kappa shape index (κ1) is 21.4. The number of hydrogen-bond donors (Lipinski definition) is 1. The highest BCUT2D eigenvalue weighted by Gasteiger charge is 2.14. The summed E-state index contributed by atoms with van der Waals surface area (Å²) in [4.78, 5) is 32.0. The number of carbonyl (C=O) groups excluding carboxylic acids is 1. The van der Waals surface area contributed by atoms with E-state index in [0.717, 1.165) is 26.1 Å². The van der Waals surface area contributed by atoms with Crippen molar-refractivity contribution in [1.82, 2.24) is 19.8 Å². The van der Waals surface area contributed by atoms with E-state index in [-0.39, 0.29) is 23.3 Å². The summed E-state index contributed by atoms with van der Waals surface area (Å²) in [7, 11) is 0. The largest absolute Gasteiger partial charge is 0.353 e. The van der Waals surface area contributed by atoms with Crippen LogP contribution in [-0.4, -0.2) is 51.8 Å². The number of thioether (sulfide) groups is 1. The number of rotatable bonds is 10. The van der Waals surface area contributed by atoms with E-state index in [2.05, 4.69) is 29.0 Å². The normalized spacial score (nSPS) is 11.5. The van der Waals surface area contributed by atoms with Crippen LogP contribution in [0.4, 0.5) is 0 Å². The third-order valence-electron chi connectivity index (χ3n) is 4.36. The summed E-state index contributed by atoms with van der Waals surface area (Å²) in [5, 5.41) is 4.11. The van der Waals surface area contributed by atoms with E-state index in [4.69, 9.17) is 0 Å². The summed E-state index contributed by atoms with van der Waals surface area (Å²) in [6, 6.07) is 7.48. The van der Waals surface area contributed by atoms with E-state index in [9.17, 15) is 9.59 Å².